The van der Waals surface area contributed by atoms with E-state index < -0.39 is 16.1 Å². The summed E-state index contributed by atoms with van der Waals surface area (Å²) in [4.78, 5) is 7.88. The molecule has 0 aliphatic heterocycles. The molecule has 0 fully saturated rings. The first-order chi connectivity index (χ1) is 25.4. The molecule has 0 N–H and O–H groups in total. The van der Waals surface area contributed by atoms with Crippen LogP contribution in [0.15, 0.2) is 95.7 Å². The molecule has 262 valence electrons. The number of fused-ring (bicyclic) bond motifs is 2. The molecule has 4 heterocycles. The zero-order chi connectivity index (χ0) is 36.3. The quantitative estimate of drug-likeness (QED) is 0.0736. The predicted octanol–water partition coefficient (Wildman–Crippen LogP) is 15.7. The van der Waals surface area contributed by atoms with E-state index in [-0.39, 0.29) is 0 Å². The van der Waals surface area contributed by atoms with E-state index in [1.165, 1.54) is 109 Å². The van der Waals surface area contributed by atoms with Gasteiger partial charge in [0, 0.05) is 40.4 Å². The Bertz CT molecular complexity index is 2260. The van der Waals surface area contributed by atoms with Crippen molar-refractivity contribution in [1.82, 2.24) is 0 Å². The van der Waals surface area contributed by atoms with E-state index >= 15 is 0 Å². The van der Waals surface area contributed by atoms with Gasteiger partial charge in [-0.3, -0.25) is 0 Å². The van der Waals surface area contributed by atoms with E-state index in [9.17, 15) is 0 Å². The number of benzene rings is 3. The monoisotopic (exact) mass is 782 g/mol. The van der Waals surface area contributed by atoms with E-state index in [4.69, 9.17) is 0 Å². The highest BCUT2D eigenvalue weighted by Crippen LogP contribution is 2.42. The summed E-state index contributed by atoms with van der Waals surface area (Å²) in [5, 5.41) is 9.26. The minimum absolute atomic E-state index is 1.17. The zero-order valence-corrected chi connectivity index (χ0v) is 36.4. The van der Waals surface area contributed by atoms with Gasteiger partial charge < -0.3 is 0 Å². The van der Waals surface area contributed by atoms with Crippen molar-refractivity contribution in [1.29, 1.82) is 0 Å². The van der Waals surface area contributed by atoms with Crippen LogP contribution >= 0.6 is 45.3 Å². The first-order valence-electron chi connectivity index (χ1n) is 18.8. The van der Waals surface area contributed by atoms with E-state index in [2.05, 4.69) is 160 Å². The maximum absolute atomic E-state index is 4.00. The summed E-state index contributed by atoms with van der Waals surface area (Å²) in [5.74, 6) is 7.85. The summed E-state index contributed by atoms with van der Waals surface area (Å²) < 4.78 is 0. The molecule has 3 aromatic carbocycles. The standard InChI is InChI=1S/C46H46S4Si2/c1-7-51(8-2,9-3)29-25-37-35-19-17-34(42-22-24-46(50-42)44-16-14-28-48-44)32-40(35)38(26-30-52(10-4,11-5)12-6)36-20-18-33(31-39(36)37)41-21-23-45(49-41)43-15-13-27-47-43/h13-24,27-28,31-32H,7-12H2,1-6H3. The lowest BCUT2D eigenvalue weighted by Gasteiger charge is -2.21. The average Bonchev–Trinajstić information content (AvgIpc) is 4.04. The molecule has 6 heteroatoms. The minimum Gasteiger partial charge on any atom is -0.143 e. The van der Waals surface area contributed by atoms with Gasteiger partial charge in [0.25, 0.3) is 0 Å². The molecule has 0 saturated carbocycles. The Balaban J connectivity index is 1.51. The van der Waals surface area contributed by atoms with Crippen molar-refractivity contribution in [2.45, 2.75) is 77.8 Å². The van der Waals surface area contributed by atoms with Crippen molar-refractivity contribution in [3.8, 4) is 63.3 Å². The van der Waals surface area contributed by atoms with Gasteiger partial charge >= 0.3 is 0 Å². The summed E-state index contributed by atoms with van der Waals surface area (Å²) in [6, 6.07) is 39.2. The second-order valence-electron chi connectivity index (χ2n) is 13.7. The summed E-state index contributed by atoms with van der Waals surface area (Å²) in [7, 11) is -3.43. The van der Waals surface area contributed by atoms with Crippen molar-refractivity contribution in [2.24, 2.45) is 0 Å². The average molecular weight is 783 g/mol. The van der Waals surface area contributed by atoms with Crippen molar-refractivity contribution in [2.75, 3.05) is 0 Å². The number of thiophene rings is 4. The fourth-order valence-electron chi connectivity index (χ4n) is 7.31. The smallest absolute Gasteiger partial charge is 0.138 e. The van der Waals surface area contributed by atoms with Gasteiger partial charge in [-0.25, -0.2) is 0 Å². The summed E-state index contributed by atoms with van der Waals surface area (Å²) >= 11 is 7.37. The molecule has 0 saturated heterocycles. The summed E-state index contributed by atoms with van der Waals surface area (Å²) in [6.45, 7) is 14.1. The van der Waals surface area contributed by atoms with Gasteiger partial charge in [-0.1, -0.05) is 89.8 Å². The lowest BCUT2D eigenvalue weighted by atomic mass is 9.90. The van der Waals surface area contributed by atoms with Gasteiger partial charge in [0.05, 0.1) is 0 Å². The van der Waals surface area contributed by atoms with Crippen LogP contribution in [0.3, 0.4) is 0 Å². The number of hydrogen-bond acceptors (Lipinski definition) is 4. The highest BCUT2D eigenvalue weighted by molar-refractivity contribution is 7.23. The van der Waals surface area contributed by atoms with Crippen LogP contribution in [0.5, 0.6) is 0 Å². The molecular weight excluding hydrogens is 737 g/mol. The van der Waals surface area contributed by atoms with Crippen LogP contribution in [0.1, 0.15) is 52.7 Å². The Morgan fingerprint density at radius 1 is 0.423 bits per heavy atom. The SMILES string of the molecule is CC[Si](C#Cc1c2ccc(-c3ccc(-c4cccs4)s3)cc2c(C#C[Si](CC)(CC)CC)c2ccc(-c3ccc(-c4cccs4)s3)cc12)(CC)CC. The first kappa shape index (κ1) is 36.9. The highest BCUT2D eigenvalue weighted by atomic mass is 32.1. The van der Waals surface area contributed by atoms with Crippen LogP contribution < -0.4 is 0 Å². The van der Waals surface area contributed by atoms with Gasteiger partial charge in [-0.05, 0) is 128 Å². The third-order valence-electron chi connectivity index (χ3n) is 11.4. The van der Waals surface area contributed by atoms with Crippen LogP contribution in [-0.4, -0.2) is 16.1 Å². The number of hydrogen-bond donors (Lipinski definition) is 0. The fraction of sp³-hybridized carbons (Fsp3) is 0.261. The third-order valence-corrected chi connectivity index (χ3v) is 25.2. The molecule has 0 bridgehead atoms. The fourth-order valence-corrected chi connectivity index (χ4v) is 15.8. The van der Waals surface area contributed by atoms with Crippen molar-refractivity contribution < 1.29 is 0 Å². The Morgan fingerprint density at radius 3 is 1.15 bits per heavy atom. The second-order valence-corrected chi connectivity index (χ2v) is 27.7. The molecule has 0 amide bonds. The van der Waals surface area contributed by atoms with Crippen molar-refractivity contribution in [3.05, 3.63) is 107 Å². The first-order valence-corrected chi connectivity index (χ1v) is 27.4. The van der Waals surface area contributed by atoms with E-state index in [0.717, 1.165) is 0 Å². The molecule has 52 heavy (non-hydrogen) atoms. The lowest BCUT2D eigenvalue weighted by molar-refractivity contribution is 1.20. The zero-order valence-electron chi connectivity index (χ0n) is 31.1. The molecule has 7 aromatic rings. The van der Waals surface area contributed by atoms with Crippen LogP contribution in [0.2, 0.25) is 36.3 Å². The van der Waals surface area contributed by atoms with Crippen molar-refractivity contribution >= 4 is 83.0 Å². The maximum Gasteiger partial charge on any atom is 0.138 e. The number of rotatable bonds is 10. The molecule has 0 unspecified atom stereocenters. The Labute approximate surface area is 328 Å². The third kappa shape index (κ3) is 7.10. The van der Waals surface area contributed by atoms with Crippen LogP contribution in [-0.2, 0) is 0 Å². The van der Waals surface area contributed by atoms with Gasteiger partial charge in [-0.2, -0.15) is 0 Å². The second kappa shape index (κ2) is 15.9. The Hall–Kier alpha value is -3.47. The Morgan fingerprint density at radius 2 is 0.808 bits per heavy atom. The topological polar surface area (TPSA) is 0 Å². The molecular formula is C46H46S4Si2. The predicted molar refractivity (Wildman–Crippen MR) is 243 cm³/mol. The summed E-state index contributed by atoms with van der Waals surface area (Å²) in [5.41, 5.74) is 12.8. The molecule has 0 radical (unpaired) electrons. The van der Waals surface area contributed by atoms with Gasteiger partial charge in [-0.15, -0.1) is 56.4 Å². The summed E-state index contributed by atoms with van der Waals surface area (Å²) in [6.07, 6.45) is 0. The molecule has 4 aromatic heterocycles. The highest BCUT2D eigenvalue weighted by Gasteiger charge is 2.26. The van der Waals surface area contributed by atoms with Crippen LogP contribution in [0, 0.1) is 22.9 Å². The van der Waals surface area contributed by atoms with E-state index in [0.29, 0.717) is 0 Å². The molecule has 0 spiro atoms. The maximum atomic E-state index is 4.00. The lowest BCUT2D eigenvalue weighted by Crippen LogP contribution is -2.29. The Kier molecular flexibility index (Phi) is 11.3. The molecule has 0 aliphatic rings. The molecule has 7 rings (SSSR count). The minimum atomic E-state index is -1.71. The van der Waals surface area contributed by atoms with Crippen LogP contribution in [0.25, 0.3) is 61.9 Å². The van der Waals surface area contributed by atoms with Crippen molar-refractivity contribution in [3.63, 3.8) is 0 Å². The largest absolute Gasteiger partial charge is 0.143 e. The molecule has 0 atom stereocenters. The van der Waals surface area contributed by atoms with E-state index in [1.54, 1.807) is 22.7 Å². The van der Waals surface area contributed by atoms with E-state index in [1.807, 2.05) is 22.7 Å². The normalized spacial score (nSPS) is 11.8. The molecule has 0 aliphatic carbocycles. The van der Waals surface area contributed by atoms with Gasteiger partial charge in [0.1, 0.15) is 16.1 Å². The van der Waals surface area contributed by atoms with Crippen LogP contribution in [0.4, 0.5) is 0 Å². The molecule has 0 nitrogen and oxygen atoms in total. The van der Waals surface area contributed by atoms with Gasteiger partial charge in [0.15, 0.2) is 0 Å². The van der Waals surface area contributed by atoms with Gasteiger partial charge in [0.2, 0.25) is 0 Å².